The molecule has 0 fully saturated rings. The Morgan fingerprint density at radius 3 is 2.18 bits per heavy atom. The first-order chi connectivity index (χ1) is 8.21. The summed E-state index contributed by atoms with van der Waals surface area (Å²) in [4.78, 5) is 14.0. The lowest BCUT2D eigenvalue weighted by molar-refractivity contribution is -0.151. The molecule has 0 bridgehead atoms. The molecule has 0 N–H and O–H groups in total. The predicted octanol–water partition coefficient (Wildman–Crippen LogP) is 2.08. The van der Waals surface area contributed by atoms with Crippen molar-refractivity contribution in [3.8, 4) is 0 Å². The molecule has 1 atom stereocenters. The second kappa shape index (κ2) is 10.5. The summed E-state index contributed by atoms with van der Waals surface area (Å²) in [7, 11) is 0. The molecule has 0 saturated heterocycles. The van der Waals surface area contributed by atoms with Gasteiger partial charge in [-0.1, -0.05) is 27.7 Å². The molecule has 0 heterocycles. The zero-order chi connectivity index (χ0) is 13.1. The van der Waals surface area contributed by atoms with Gasteiger partial charge in [-0.15, -0.1) is 0 Å². The Balaban J connectivity index is 3.91. The van der Waals surface area contributed by atoms with Crippen LogP contribution in [-0.4, -0.2) is 49.8 Å². The third-order valence-corrected chi connectivity index (χ3v) is 2.73. The topological polar surface area (TPSA) is 38.8 Å². The van der Waals surface area contributed by atoms with E-state index in [9.17, 15) is 4.79 Å². The van der Waals surface area contributed by atoms with Crippen molar-refractivity contribution < 1.29 is 14.3 Å². The van der Waals surface area contributed by atoms with Gasteiger partial charge in [0, 0.05) is 6.61 Å². The standard InChI is InChI=1S/C13H27NO3/c1-5-9-16-10-11-17-13(15)12(6-2)14(7-3)8-4/h12H,5-11H2,1-4H3. The zero-order valence-corrected chi connectivity index (χ0v) is 11.7. The molecule has 102 valence electrons. The van der Waals surface area contributed by atoms with Crippen LogP contribution in [0.2, 0.25) is 0 Å². The van der Waals surface area contributed by atoms with Crippen LogP contribution < -0.4 is 0 Å². The number of ether oxygens (including phenoxy) is 2. The van der Waals surface area contributed by atoms with E-state index < -0.39 is 0 Å². The average molecular weight is 245 g/mol. The first kappa shape index (κ1) is 16.4. The fourth-order valence-corrected chi connectivity index (χ4v) is 1.78. The van der Waals surface area contributed by atoms with E-state index in [4.69, 9.17) is 9.47 Å². The van der Waals surface area contributed by atoms with E-state index in [1.165, 1.54) is 0 Å². The number of likely N-dealkylation sites (N-methyl/N-ethyl adjacent to an activating group) is 1. The molecule has 17 heavy (non-hydrogen) atoms. The van der Waals surface area contributed by atoms with Gasteiger partial charge in [0.25, 0.3) is 0 Å². The molecule has 0 aliphatic heterocycles. The number of rotatable bonds is 10. The smallest absolute Gasteiger partial charge is 0.323 e. The van der Waals surface area contributed by atoms with Crippen molar-refractivity contribution in [2.45, 2.75) is 46.6 Å². The average Bonchev–Trinajstić information content (AvgIpc) is 2.35. The number of nitrogens with zero attached hydrogens (tertiary/aromatic N) is 1. The molecule has 0 aromatic rings. The van der Waals surface area contributed by atoms with E-state index in [0.29, 0.717) is 13.2 Å². The zero-order valence-electron chi connectivity index (χ0n) is 11.7. The van der Waals surface area contributed by atoms with Crippen LogP contribution in [0, 0.1) is 0 Å². The Labute approximate surface area is 105 Å². The van der Waals surface area contributed by atoms with E-state index in [0.717, 1.165) is 32.5 Å². The lowest BCUT2D eigenvalue weighted by Gasteiger charge is -2.26. The second-order valence-electron chi connectivity index (χ2n) is 3.93. The number of esters is 1. The summed E-state index contributed by atoms with van der Waals surface area (Å²) < 4.78 is 10.5. The Hall–Kier alpha value is -0.610. The summed E-state index contributed by atoms with van der Waals surface area (Å²) in [6.07, 6.45) is 1.78. The Morgan fingerprint density at radius 1 is 1.06 bits per heavy atom. The Morgan fingerprint density at radius 2 is 1.71 bits per heavy atom. The number of carbonyl (C=O) groups is 1. The lowest BCUT2D eigenvalue weighted by atomic mass is 10.2. The van der Waals surface area contributed by atoms with Gasteiger partial charge in [-0.05, 0) is 25.9 Å². The maximum absolute atomic E-state index is 11.8. The molecule has 4 heteroatoms. The fraction of sp³-hybridized carbons (Fsp3) is 0.923. The van der Waals surface area contributed by atoms with Gasteiger partial charge in [-0.3, -0.25) is 9.69 Å². The molecule has 0 spiro atoms. The molecule has 4 nitrogen and oxygen atoms in total. The van der Waals surface area contributed by atoms with Crippen molar-refractivity contribution in [3.63, 3.8) is 0 Å². The van der Waals surface area contributed by atoms with Crippen molar-refractivity contribution in [2.24, 2.45) is 0 Å². The molecule has 0 saturated carbocycles. The van der Waals surface area contributed by atoms with Crippen molar-refractivity contribution in [1.82, 2.24) is 4.90 Å². The molecular formula is C13H27NO3. The minimum atomic E-state index is -0.128. The number of hydrogen-bond acceptors (Lipinski definition) is 4. The number of carbonyl (C=O) groups excluding carboxylic acids is 1. The molecule has 0 aliphatic carbocycles. The van der Waals surface area contributed by atoms with E-state index in [-0.39, 0.29) is 12.0 Å². The van der Waals surface area contributed by atoms with Gasteiger partial charge in [-0.2, -0.15) is 0 Å². The van der Waals surface area contributed by atoms with E-state index >= 15 is 0 Å². The van der Waals surface area contributed by atoms with Crippen LogP contribution in [0.1, 0.15) is 40.5 Å². The van der Waals surface area contributed by atoms with Crippen LogP contribution in [0.3, 0.4) is 0 Å². The third-order valence-electron chi connectivity index (χ3n) is 2.73. The highest BCUT2D eigenvalue weighted by molar-refractivity contribution is 5.75. The minimum Gasteiger partial charge on any atom is -0.462 e. The molecular weight excluding hydrogens is 218 g/mol. The maximum atomic E-state index is 11.8. The lowest BCUT2D eigenvalue weighted by Crippen LogP contribution is -2.41. The first-order valence-corrected chi connectivity index (χ1v) is 6.69. The Bertz CT molecular complexity index is 193. The van der Waals surface area contributed by atoms with Gasteiger partial charge in [-0.25, -0.2) is 0 Å². The SMILES string of the molecule is CCCOCCOC(=O)C(CC)N(CC)CC. The van der Waals surface area contributed by atoms with Crippen molar-refractivity contribution in [2.75, 3.05) is 32.9 Å². The Kier molecular flexibility index (Phi) is 10.2. The fourth-order valence-electron chi connectivity index (χ4n) is 1.78. The monoisotopic (exact) mass is 245 g/mol. The molecule has 0 rings (SSSR count). The van der Waals surface area contributed by atoms with Crippen LogP contribution in [0.25, 0.3) is 0 Å². The normalized spacial score (nSPS) is 12.8. The van der Waals surface area contributed by atoms with Gasteiger partial charge < -0.3 is 9.47 Å². The molecule has 0 aromatic heterocycles. The molecule has 0 amide bonds. The van der Waals surface area contributed by atoms with Crippen LogP contribution >= 0.6 is 0 Å². The van der Waals surface area contributed by atoms with E-state index in [2.05, 4.69) is 25.7 Å². The highest BCUT2D eigenvalue weighted by Gasteiger charge is 2.23. The second-order valence-corrected chi connectivity index (χ2v) is 3.93. The van der Waals surface area contributed by atoms with Crippen LogP contribution in [0.5, 0.6) is 0 Å². The van der Waals surface area contributed by atoms with Crippen molar-refractivity contribution in [1.29, 1.82) is 0 Å². The van der Waals surface area contributed by atoms with Crippen molar-refractivity contribution in [3.05, 3.63) is 0 Å². The summed E-state index contributed by atoms with van der Waals surface area (Å²) >= 11 is 0. The van der Waals surface area contributed by atoms with Crippen LogP contribution in [0.15, 0.2) is 0 Å². The van der Waals surface area contributed by atoms with Gasteiger partial charge in [0.15, 0.2) is 0 Å². The predicted molar refractivity (Wildman–Crippen MR) is 69.1 cm³/mol. The molecule has 0 aromatic carbocycles. The molecule has 0 aliphatic rings. The van der Waals surface area contributed by atoms with Crippen molar-refractivity contribution >= 4 is 5.97 Å². The van der Waals surface area contributed by atoms with E-state index in [1.54, 1.807) is 0 Å². The van der Waals surface area contributed by atoms with Crippen LogP contribution in [-0.2, 0) is 14.3 Å². The van der Waals surface area contributed by atoms with Gasteiger partial charge >= 0.3 is 5.97 Å². The highest BCUT2D eigenvalue weighted by atomic mass is 16.6. The summed E-state index contributed by atoms with van der Waals surface area (Å²) in [5, 5.41) is 0. The van der Waals surface area contributed by atoms with Gasteiger partial charge in [0.1, 0.15) is 12.6 Å². The quantitative estimate of drug-likeness (QED) is 0.436. The minimum absolute atomic E-state index is 0.115. The molecule has 1 unspecified atom stereocenters. The van der Waals surface area contributed by atoms with Gasteiger partial charge in [0.2, 0.25) is 0 Å². The molecule has 0 radical (unpaired) electrons. The highest BCUT2D eigenvalue weighted by Crippen LogP contribution is 2.06. The summed E-state index contributed by atoms with van der Waals surface area (Å²) in [6.45, 7) is 11.5. The van der Waals surface area contributed by atoms with Gasteiger partial charge in [0.05, 0.1) is 6.61 Å². The first-order valence-electron chi connectivity index (χ1n) is 6.69. The van der Waals surface area contributed by atoms with E-state index in [1.807, 2.05) is 6.92 Å². The largest absolute Gasteiger partial charge is 0.462 e. The third kappa shape index (κ3) is 6.64. The summed E-state index contributed by atoms with van der Waals surface area (Å²) in [5.74, 6) is -0.128. The van der Waals surface area contributed by atoms with Crippen LogP contribution in [0.4, 0.5) is 0 Å². The summed E-state index contributed by atoms with van der Waals surface area (Å²) in [6, 6.07) is -0.115. The number of hydrogen-bond donors (Lipinski definition) is 0. The summed E-state index contributed by atoms with van der Waals surface area (Å²) in [5.41, 5.74) is 0. The maximum Gasteiger partial charge on any atom is 0.323 e.